The Kier molecular flexibility index (Phi) is 5.23. The largest absolute Gasteiger partial charge is 0.369 e. The molecule has 2 rings (SSSR count). The third-order valence-electron chi connectivity index (χ3n) is 3.87. The highest BCUT2D eigenvalue weighted by Gasteiger charge is 2.16. The van der Waals surface area contributed by atoms with E-state index in [1.807, 2.05) is 0 Å². The van der Waals surface area contributed by atoms with Crippen molar-refractivity contribution in [2.75, 3.05) is 44.2 Å². The van der Waals surface area contributed by atoms with Crippen molar-refractivity contribution in [1.29, 1.82) is 0 Å². The summed E-state index contributed by atoms with van der Waals surface area (Å²) in [6.45, 7) is 11.0. The van der Waals surface area contributed by atoms with Gasteiger partial charge in [-0.3, -0.25) is 4.90 Å². The number of hydrogen-bond acceptors (Lipinski definition) is 3. The van der Waals surface area contributed by atoms with Gasteiger partial charge in [0.1, 0.15) is 0 Å². The molecule has 0 amide bonds. The summed E-state index contributed by atoms with van der Waals surface area (Å²) in [7, 11) is 0. The van der Waals surface area contributed by atoms with Gasteiger partial charge >= 0.3 is 0 Å². The van der Waals surface area contributed by atoms with Gasteiger partial charge in [-0.1, -0.05) is 6.07 Å². The molecule has 19 heavy (non-hydrogen) atoms. The Bertz CT molecular complexity index is 375. The quantitative estimate of drug-likeness (QED) is 0.825. The van der Waals surface area contributed by atoms with Crippen LogP contribution in [0.1, 0.15) is 24.0 Å². The van der Waals surface area contributed by atoms with E-state index in [4.69, 9.17) is 5.73 Å². The lowest BCUT2D eigenvalue weighted by molar-refractivity contribution is 0.253. The third-order valence-corrected chi connectivity index (χ3v) is 3.87. The lowest BCUT2D eigenvalue weighted by Crippen LogP contribution is -2.46. The maximum absolute atomic E-state index is 5.54. The monoisotopic (exact) mass is 261 g/mol. The van der Waals surface area contributed by atoms with E-state index in [1.54, 1.807) is 0 Å². The van der Waals surface area contributed by atoms with Crippen LogP contribution in [0.25, 0.3) is 0 Å². The zero-order chi connectivity index (χ0) is 13.7. The topological polar surface area (TPSA) is 32.5 Å². The zero-order valence-electron chi connectivity index (χ0n) is 12.4. The van der Waals surface area contributed by atoms with Crippen molar-refractivity contribution in [1.82, 2.24) is 4.90 Å². The molecule has 1 heterocycles. The van der Waals surface area contributed by atoms with Gasteiger partial charge < -0.3 is 10.6 Å². The number of unbranched alkanes of at least 4 members (excludes halogenated alkanes) is 1. The first-order valence-corrected chi connectivity index (χ1v) is 7.45. The number of benzene rings is 1. The van der Waals surface area contributed by atoms with Crippen LogP contribution in [0.5, 0.6) is 0 Å². The lowest BCUT2D eigenvalue weighted by atomic mass is 10.1. The number of hydrogen-bond donors (Lipinski definition) is 1. The maximum Gasteiger partial charge on any atom is 0.0372 e. The molecule has 3 nitrogen and oxygen atoms in total. The van der Waals surface area contributed by atoms with Gasteiger partial charge in [-0.15, -0.1) is 0 Å². The number of piperazine rings is 1. The van der Waals surface area contributed by atoms with Gasteiger partial charge in [-0.2, -0.15) is 0 Å². The van der Waals surface area contributed by atoms with Gasteiger partial charge in [-0.05, 0) is 63.0 Å². The molecule has 0 radical (unpaired) electrons. The second-order valence-electron chi connectivity index (χ2n) is 5.67. The molecule has 0 unspecified atom stereocenters. The lowest BCUT2D eigenvalue weighted by Gasteiger charge is -2.36. The third kappa shape index (κ3) is 4.22. The number of nitrogens with two attached hydrogens (primary N) is 1. The first-order valence-electron chi connectivity index (χ1n) is 7.45. The summed E-state index contributed by atoms with van der Waals surface area (Å²) in [6, 6.07) is 6.85. The Morgan fingerprint density at radius 3 is 2.16 bits per heavy atom. The molecule has 1 aromatic rings. The van der Waals surface area contributed by atoms with E-state index in [-0.39, 0.29) is 0 Å². The SMILES string of the molecule is Cc1cc(C)cc(N2CCN(CCCCN)CC2)c1. The minimum Gasteiger partial charge on any atom is -0.369 e. The summed E-state index contributed by atoms with van der Waals surface area (Å²) in [4.78, 5) is 5.08. The first kappa shape index (κ1) is 14.4. The molecule has 3 heteroatoms. The maximum atomic E-state index is 5.54. The Hall–Kier alpha value is -1.06. The van der Waals surface area contributed by atoms with E-state index in [9.17, 15) is 0 Å². The van der Waals surface area contributed by atoms with E-state index >= 15 is 0 Å². The standard InChI is InChI=1S/C16H27N3/c1-14-11-15(2)13-16(12-14)19-9-7-18(8-10-19)6-4-3-5-17/h11-13H,3-10,17H2,1-2H3. The Balaban J connectivity index is 1.85. The summed E-state index contributed by atoms with van der Waals surface area (Å²) in [6.07, 6.45) is 2.39. The fourth-order valence-corrected chi connectivity index (χ4v) is 2.84. The second kappa shape index (κ2) is 6.92. The molecule has 0 atom stereocenters. The minimum absolute atomic E-state index is 0.822. The van der Waals surface area contributed by atoms with Crippen molar-refractivity contribution < 1.29 is 0 Å². The zero-order valence-corrected chi connectivity index (χ0v) is 12.4. The van der Waals surface area contributed by atoms with Crippen LogP contribution < -0.4 is 10.6 Å². The van der Waals surface area contributed by atoms with Gasteiger partial charge in [0.2, 0.25) is 0 Å². The van der Waals surface area contributed by atoms with Crippen molar-refractivity contribution >= 4 is 5.69 Å². The Labute approximate surface area is 117 Å². The fourth-order valence-electron chi connectivity index (χ4n) is 2.84. The van der Waals surface area contributed by atoms with Crippen LogP contribution in [0, 0.1) is 13.8 Å². The molecule has 0 spiro atoms. The number of aryl methyl sites for hydroxylation is 2. The molecule has 1 aromatic carbocycles. The first-order chi connectivity index (χ1) is 9.19. The van der Waals surface area contributed by atoms with Crippen molar-refractivity contribution in [3.05, 3.63) is 29.3 Å². The predicted molar refractivity (Wildman–Crippen MR) is 82.9 cm³/mol. The summed E-state index contributed by atoms with van der Waals surface area (Å²) in [5.41, 5.74) is 9.65. The molecular weight excluding hydrogens is 234 g/mol. The number of nitrogens with zero attached hydrogens (tertiary/aromatic N) is 2. The van der Waals surface area contributed by atoms with Gasteiger partial charge in [0, 0.05) is 31.9 Å². The number of rotatable bonds is 5. The Morgan fingerprint density at radius 2 is 1.58 bits per heavy atom. The van der Waals surface area contributed by atoms with Crippen LogP contribution >= 0.6 is 0 Å². The van der Waals surface area contributed by atoms with E-state index in [1.165, 1.54) is 42.9 Å². The van der Waals surface area contributed by atoms with Gasteiger partial charge in [0.15, 0.2) is 0 Å². The average Bonchev–Trinajstić information content (AvgIpc) is 2.39. The molecule has 0 aliphatic carbocycles. The molecule has 1 aliphatic heterocycles. The van der Waals surface area contributed by atoms with Crippen LogP contribution in [0.15, 0.2) is 18.2 Å². The molecule has 106 valence electrons. The summed E-state index contributed by atoms with van der Waals surface area (Å²) in [5, 5.41) is 0. The highest BCUT2D eigenvalue weighted by Crippen LogP contribution is 2.20. The molecular formula is C16H27N3. The van der Waals surface area contributed by atoms with Crippen molar-refractivity contribution in [2.45, 2.75) is 26.7 Å². The fraction of sp³-hybridized carbons (Fsp3) is 0.625. The predicted octanol–water partition coefficient (Wildman–Crippen LogP) is 2.16. The highest BCUT2D eigenvalue weighted by atomic mass is 15.3. The van der Waals surface area contributed by atoms with Crippen molar-refractivity contribution in [2.24, 2.45) is 5.73 Å². The molecule has 0 aromatic heterocycles. The van der Waals surface area contributed by atoms with Gasteiger partial charge in [-0.25, -0.2) is 0 Å². The van der Waals surface area contributed by atoms with Crippen LogP contribution in [0.4, 0.5) is 5.69 Å². The van der Waals surface area contributed by atoms with E-state index < -0.39 is 0 Å². The normalized spacial score (nSPS) is 16.9. The number of anilines is 1. The van der Waals surface area contributed by atoms with Crippen LogP contribution in [0.2, 0.25) is 0 Å². The summed E-state index contributed by atoms with van der Waals surface area (Å²) < 4.78 is 0. The van der Waals surface area contributed by atoms with Crippen molar-refractivity contribution in [3.63, 3.8) is 0 Å². The van der Waals surface area contributed by atoms with Gasteiger partial charge in [0.05, 0.1) is 0 Å². The van der Waals surface area contributed by atoms with Crippen molar-refractivity contribution in [3.8, 4) is 0 Å². The summed E-state index contributed by atoms with van der Waals surface area (Å²) in [5.74, 6) is 0. The molecule has 0 bridgehead atoms. The minimum atomic E-state index is 0.822. The molecule has 0 saturated carbocycles. The van der Waals surface area contributed by atoms with E-state index in [0.29, 0.717) is 0 Å². The van der Waals surface area contributed by atoms with Crippen LogP contribution in [-0.4, -0.2) is 44.2 Å². The van der Waals surface area contributed by atoms with Gasteiger partial charge in [0.25, 0.3) is 0 Å². The highest BCUT2D eigenvalue weighted by molar-refractivity contribution is 5.51. The summed E-state index contributed by atoms with van der Waals surface area (Å²) >= 11 is 0. The molecule has 1 saturated heterocycles. The molecule has 2 N–H and O–H groups in total. The van der Waals surface area contributed by atoms with E-state index in [0.717, 1.165) is 26.1 Å². The Morgan fingerprint density at radius 1 is 0.947 bits per heavy atom. The average molecular weight is 261 g/mol. The van der Waals surface area contributed by atoms with Crippen LogP contribution in [-0.2, 0) is 0 Å². The molecule has 1 aliphatic rings. The second-order valence-corrected chi connectivity index (χ2v) is 5.67. The molecule has 1 fully saturated rings. The van der Waals surface area contributed by atoms with E-state index in [2.05, 4.69) is 41.8 Å². The smallest absolute Gasteiger partial charge is 0.0372 e. The van der Waals surface area contributed by atoms with Crippen LogP contribution in [0.3, 0.4) is 0 Å².